The number of hydrogen-bond acceptors (Lipinski definition) is 6. The predicted molar refractivity (Wildman–Crippen MR) is 130 cm³/mol. The monoisotopic (exact) mass is 505 g/mol. The van der Waals surface area contributed by atoms with Gasteiger partial charge in [-0.25, -0.2) is 0 Å². The molecular formula is C24H16BrN3O3S. The van der Waals surface area contributed by atoms with Gasteiger partial charge in [0, 0.05) is 16.1 Å². The molecule has 0 N–H and O–H groups in total. The Morgan fingerprint density at radius 3 is 2.53 bits per heavy atom. The van der Waals surface area contributed by atoms with Gasteiger partial charge in [0.05, 0.1) is 7.11 Å². The molecule has 0 unspecified atom stereocenters. The molecule has 0 saturated heterocycles. The number of rotatable bonds is 5. The number of ether oxygens (including phenoxy) is 1. The lowest BCUT2D eigenvalue weighted by atomic mass is 10.2. The summed E-state index contributed by atoms with van der Waals surface area (Å²) in [6.07, 6.45) is 5.39. The van der Waals surface area contributed by atoms with Crippen molar-refractivity contribution in [2.24, 2.45) is 0 Å². The third-order valence-corrected chi connectivity index (χ3v) is 6.26. The summed E-state index contributed by atoms with van der Waals surface area (Å²) < 4.78 is 13.9. The molecule has 2 aromatic carbocycles. The molecule has 0 aliphatic carbocycles. The molecule has 158 valence electrons. The molecular weight excluding hydrogens is 490 g/mol. The Morgan fingerprint density at radius 1 is 1.03 bits per heavy atom. The maximum atomic E-state index is 12.8. The van der Waals surface area contributed by atoms with Crippen LogP contribution in [0.1, 0.15) is 17.1 Å². The van der Waals surface area contributed by atoms with Crippen molar-refractivity contribution in [1.82, 2.24) is 14.6 Å². The molecule has 0 amide bonds. The minimum atomic E-state index is -0.219. The number of aromatic nitrogens is 3. The first-order valence-electron chi connectivity index (χ1n) is 9.68. The Labute approximate surface area is 195 Å². The molecule has 6 nitrogen and oxygen atoms in total. The number of benzene rings is 2. The molecule has 0 radical (unpaired) electrons. The van der Waals surface area contributed by atoms with Crippen LogP contribution in [0.15, 0.2) is 74.3 Å². The molecule has 0 atom stereocenters. The summed E-state index contributed by atoms with van der Waals surface area (Å²) in [5.74, 6) is 2.61. The second kappa shape index (κ2) is 8.57. The highest BCUT2D eigenvalue weighted by molar-refractivity contribution is 9.10. The Hall–Kier alpha value is -3.49. The molecule has 0 aliphatic rings. The van der Waals surface area contributed by atoms with E-state index in [1.54, 1.807) is 19.3 Å². The molecule has 32 heavy (non-hydrogen) atoms. The third kappa shape index (κ3) is 4.15. The van der Waals surface area contributed by atoms with E-state index in [1.807, 2.05) is 66.7 Å². The Bertz CT molecular complexity index is 1530. The fourth-order valence-electron chi connectivity index (χ4n) is 3.13. The molecule has 0 saturated carbocycles. The average molecular weight is 506 g/mol. The Kier molecular flexibility index (Phi) is 5.46. The lowest BCUT2D eigenvalue weighted by Crippen LogP contribution is -2.23. The number of furan rings is 1. The second-order valence-corrected chi connectivity index (χ2v) is 8.82. The van der Waals surface area contributed by atoms with Gasteiger partial charge in [0.2, 0.25) is 4.96 Å². The van der Waals surface area contributed by atoms with Crippen molar-refractivity contribution in [1.29, 1.82) is 0 Å². The summed E-state index contributed by atoms with van der Waals surface area (Å²) in [6.45, 7) is 0. The molecule has 0 fully saturated rings. The van der Waals surface area contributed by atoms with Crippen LogP contribution in [0.5, 0.6) is 5.75 Å². The number of fused-ring (bicyclic) bond motifs is 1. The summed E-state index contributed by atoms with van der Waals surface area (Å²) in [5.41, 5.74) is 1.73. The van der Waals surface area contributed by atoms with Gasteiger partial charge in [-0.3, -0.25) is 4.79 Å². The van der Waals surface area contributed by atoms with Gasteiger partial charge in [0.1, 0.15) is 21.8 Å². The highest BCUT2D eigenvalue weighted by atomic mass is 79.9. The van der Waals surface area contributed by atoms with Crippen molar-refractivity contribution >= 4 is 50.5 Å². The van der Waals surface area contributed by atoms with E-state index in [9.17, 15) is 4.79 Å². The number of hydrogen-bond donors (Lipinski definition) is 0. The molecule has 0 aliphatic heterocycles. The van der Waals surface area contributed by atoms with E-state index in [4.69, 9.17) is 9.15 Å². The lowest BCUT2D eigenvalue weighted by molar-refractivity contribution is 0.415. The minimum absolute atomic E-state index is 0.219. The third-order valence-electron chi connectivity index (χ3n) is 4.77. The Morgan fingerprint density at radius 2 is 1.81 bits per heavy atom. The van der Waals surface area contributed by atoms with Gasteiger partial charge in [0.25, 0.3) is 5.56 Å². The van der Waals surface area contributed by atoms with Crippen molar-refractivity contribution in [3.8, 4) is 17.1 Å². The van der Waals surface area contributed by atoms with E-state index in [0.717, 1.165) is 27.1 Å². The van der Waals surface area contributed by atoms with E-state index in [0.29, 0.717) is 21.1 Å². The zero-order valence-electron chi connectivity index (χ0n) is 16.9. The normalized spacial score (nSPS) is 12.2. The summed E-state index contributed by atoms with van der Waals surface area (Å²) >= 11 is 4.70. The fraction of sp³-hybridized carbons (Fsp3) is 0.0417. The summed E-state index contributed by atoms with van der Waals surface area (Å²) in [5, 5.41) is 4.32. The SMILES string of the molecule is COc1ccc(/C=C/c2nc3s/c(=C\c4ccc(-c5ccc(Br)cc5)o4)c(=O)n3n2)cc1. The van der Waals surface area contributed by atoms with Gasteiger partial charge >= 0.3 is 0 Å². The number of nitrogens with zero attached hydrogens (tertiary/aromatic N) is 3. The molecule has 8 heteroatoms. The molecule has 5 rings (SSSR count). The largest absolute Gasteiger partial charge is 0.497 e. The van der Waals surface area contributed by atoms with Crippen LogP contribution in [-0.4, -0.2) is 21.7 Å². The van der Waals surface area contributed by atoms with Crippen molar-refractivity contribution in [3.63, 3.8) is 0 Å². The van der Waals surface area contributed by atoms with E-state index in [-0.39, 0.29) is 5.56 Å². The summed E-state index contributed by atoms with van der Waals surface area (Å²) in [4.78, 5) is 17.7. The topological polar surface area (TPSA) is 69.6 Å². The highest BCUT2D eigenvalue weighted by Crippen LogP contribution is 2.24. The average Bonchev–Trinajstić information content (AvgIpc) is 3.51. The van der Waals surface area contributed by atoms with E-state index in [2.05, 4.69) is 26.0 Å². The molecule has 3 heterocycles. The van der Waals surface area contributed by atoms with Gasteiger partial charge in [-0.2, -0.15) is 9.50 Å². The summed E-state index contributed by atoms with van der Waals surface area (Å²) in [6, 6.07) is 19.2. The number of methoxy groups -OCH3 is 1. The molecule has 3 aromatic heterocycles. The van der Waals surface area contributed by atoms with Crippen LogP contribution in [-0.2, 0) is 0 Å². The van der Waals surface area contributed by atoms with Crippen LogP contribution in [0.3, 0.4) is 0 Å². The maximum Gasteiger partial charge on any atom is 0.291 e. The van der Waals surface area contributed by atoms with Crippen molar-refractivity contribution in [2.45, 2.75) is 0 Å². The lowest BCUT2D eigenvalue weighted by Gasteiger charge is -1.98. The summed E-state index contributed by atoms with van der Waals surface area (Å²) in [7, 11) is 1.63. The quantitative estimate of drug-likeness (QED) is 0.339. The van der Waals surface area contributed by atoms with Crippen LogP contribution in [0, 0.1) is 0 Å². The van der Waals surface area contributed by atoms with Gasteiger partial charge < -0.3 is 9.15 Å². The number of thiazole rings is 1. The first-order valence-corrected chi connectivity index (χ1v) is 11.3. The van der Waals surface area contributed by atoms with Gasteiger partial charge in [-0.05, 0) is 48.0 Å². The first kappa shape index (κ1) is 20.4. The van der Waals surface area contributed by atoms with Gasteiger partial charge in [-0.1, -0.05) is 57.6 Å². The van der Waals surface area contributed by atoms with Crippen LogP contribution in [0.2, 0.25) is 0 Å². The number of halogens is 1. The Balaban J connectivity index is 1.40. The van der Waals surface area contributed by atoms with Crippen LogP contribution >= 0.6 is 27.3 Å². The van der Waals surface area contributed by atoms with Crippen LogP contribution in [0.4, 0.5) is 0 Å². The molecule has 0 spiro atoms. The van der Waals surface area contributed by atoms with Crippen LogP contribution in [0.25, 0.3) is 34.5 Å². The van der Waals surface area contributed by atoms with E-state index >= 15 is 0 Å². The highest BCUT2D eigenvalue weighted by Gasteiger charge is 2.10. The van der Waals surface area contributed by atoms with Gasteiger partial charge in [-0.15, -0.1) is 5.10 Å². The standard InChI is InChI=1S/C24H16BrN3O3S/c1-30-18-9-2-15(3-10-18)4-13-22-26-24-28(27-22)23(29)21(32-24)14-19-11-12-20(31-19)16-5-7-17(25)8-6-16/h2-14H,1H3/b13-4+,21-14-. The first-order chi connectivity index (χ1) is 15.6. The maximum absolute atomic E-state index is 12.8. The van der Waals surface area contributed by atoms with Crippen LogP contribution < -0.4 is 14.8 Å². The van der Waals surface area contributed by atoms with Gasteiger partial charge in [0.15, 0.2) is 5.82 Å². The second-order valence-electron chi connectivity index (χ2n) is 6.90. The molecule has 0 bridgehead atoms. The predicted octanol–water partition coefficient (Wildman–Crippen LogP) is 4.90. The van der Waals surface area contributed by atoms with E-state index in [1.165, 1.54) is 15.9 Å². The smallest absolute Gasteiger partial charge is 0.291 e. The van der Waals surface area contributed by atoms with Crippen molar-refractivity contribution < 1.29 is 9.15 Å². The van der Waals surface area contributed by atoms with Crippen molar-refractivity contribution in [3.05, 3.63) is 97.2 Å². The zero-order chi connectivity index (χ0) is 22.1. The van der Waals surface area contributed by atoms with Crippen molar-refractivity contribution in [2.75, 3.05) is 7.11 Å². The fourth-order valence-corrected chi connectivity index (χ4v) is 4.29. The minimum Gasteiger partial charge on any atom is -0.497 e. The zero-order valence-corrected chi connectivity index (χ0v) is 19.3. The van der Waals surface area contributed by atoms with E-state index < -0.39 is 0 Å². The molecule has 5 aromatic rings.